The van der Waals surface area contributed by atoms with E-state index in [4.69, 9.17) is 4.74 Å². The van der Waals surface area contributed by atoms with Crippen molar-refractivity contribution < 1.29 is 24.9 Å². The van der Waals surface area contributed by atoms with E-state index >= 15 is 0 Å². The van der Waals surface area contributed by atoms with Crippen LogP contribution >= 0.6 is 0 Å². The van der Waals surface area contributed by atoms with Crippen LogP contribution in [0.2, 0.25) is 0 Å². The van der Waals surface area contributed by atoms with Gasteiger partial charge in [-0.1, -0.05) is 24.3 Å². The predicted molar refractivity (Wildman–Crippen MR) is 77.2 cm³/mol. The van der Waals surface area contributed by atoms with Crippen LogP contribution < -0.4 is 5.11 Å². The molecule has 0 spiro atoms. The Morgan fingerprint density at radius 3 is 2.05 bits per heavy atom. The molecule has 0 radical (unpaired) electrons. The van der Waals surface area contributed by atoms with Crippen molar-refractivity contribution in [2.24, 2.45) is 0 Å². The van der Waals surface area contributed by atoms with Crippen LogP contribution in [-0.4, -0.2) is 16.2 Å². The number of ether oxygens (including phenoxy) is 1. The number of phenols is 2. The van der Waals surface area contributed by atoms with Gasteiger partial charge in [-0.3, -0.25) is 0 Å². The topological polar surface area (TPSA) is 89.8 Å². The molecule has 0 aliphatic carbocycles. The second-order valence-corrected chi connectivity index (χ2v) is 4.74. The SMILES string of the molecule is O=C1O/C(=C/c2ccc(O)cc2)C([O-])=C1c1ccc(O)cc1. The highest BCUT2D eigenvalue weighted by molar-refractivity contribution is 6.20. The molecule has 1 aliphatic rings. The number of cyclic esters (lactones) is 1. The average molecular weight is 295 g/mol. The highest BCUT2D eigenvalue weighted by Gasteiger charge is 2.25. The summed E-state index contributed by atoms with van der Waals surface area (Å²) >= 11 is 0. The van der Waals surface area contributed by atoms with Gasteiger partial charge in [0, 0.05) is 0 Å². The number of hydrogen-bond acceptors (Lipinski definition) is 5. The maximum Gasteiger partial charge on any atom is 0.343 e. The zero-order valence-corrected chi connectivity index (χ0v) is 11.3. The number of rotatable bonds is 2. The molecule has 0 aromatic heterocycles. The molecule has 0 bridgehead atoms. The Morgan fingerprint density at radius 1 is 0.909 bits per heavy atom. The van der Waals surface area contributed by atoms with E-state index in [9.17, 15) is 20.1 Å². The first-order chi connectivity index (χ1) is 10.5. The molecular formula is C17H11O5-. The van der Waals surface area contributed by atoms with Crippen LogP contribution in [0.3, 0.4) is 0 Å². The minimum absolute atomic E-state index is 0.0445. The minimum Gasteiger partial charge on any atom is -0.869 e. The smallest absolute Gasteiger partial charge is 0.343 e. The molecule has 110 valence electrons. The van der Waals surface area contributed by atoms with E-state index in [0.29, 0.717) is 11.1 Å². The summed E-state index contributed by atoms with van der Waals surface area (Å²) < 4.78 is 5.02. The summed E-state index contributed by atoms with van der Waals surface area (Å²) in [5, 5.41) is 30.8. The Morgan fingerprint density at radius 2 is 1.45 bits per heavy atom. The quantitative estimate of drug-likeness (QED) is 0.824. The second-order valence-electron chi connectivity index (χ2n) is 4.74. The van der Waals surface area contributed by atoms with Crippen molar-refractivity contribution in [1.29, 1.82) is 0 Å². The summed E-state index contributed by atoms with van der Waals surface area (Å²) in [6.07, 6.45) is 1.44. The first-order valence-electron chi connectivity index (χ1n) is 6.48. The van der Waals surface area contributed by atoms with Crippen LogP contribution in [0.25, 0.3) is 11.6 Å². The van der Waals surface area contributed by atoms with E-state index in [1.807, 2.05) is 0 Å². The van der Waals surface area contributed by atoms with E-state index in [1.165, 1.54) is 42.5 Å². The lowest BCUT2D eigenvalue weighted by Gasteiger charge is -2.09. The first kappa shape index (κ1) is 13.8. The van der Waals surface area contributed by atoms with Crippen molar-refractivity contribution in [3.8, 4) is 11.5 Å². The molecule has 2 aromatic carbocycles. The fourth-order valence-corrected chi connectivity index (χ4v) is 2.11. The lowest BCUT2D eigenvalue weighted by atomic mass is 10.0. The van der Waals surface area contributed by atoms with Crippen molar-refractivity contribution in [3.63, 3.8) is 0 Å². The number of hydrogen-bond donors (Lipinski definition) is 2. The molecule has 5 heteroatoms. The highest BCUT2D eigenvalue weighted by Crippen LogP contribution is 2.31. The standard InChI is InChI=1S/C17H12O5/c18-12-5-1-10(2-6-12)9-14-16(20)15(17(21)22-14)11-3-7-13(19)8-4-11/h1-9,18-20H/p-1/b14-9+. The molecule has 1 heterocycles. The van der Waals surface area contributed by atoms with E-state index in [-0.39, 0.29) is 22.8 Å². The number of phenolic OH excluding ortho intramolecular Hbond substituents is 2. The van der Waals surface area contributed by atoms with Gasteiger partial charge in [0.2, 0.25) is 0 Å². The zero-order chi connectivity index (χ0) is 15.7. The number of carbonyl (C=O) groups excluding carboxylic acids is 1. The summed E-state index contributed by atoms with van der Waals surface area (Å²) in [5.41, 5.74) is 0.952. The molecule has 3 rings (SSSR count). The first-order valence-corrected chi connectivity index (χ1v) is 6.48. The van der Waals surface area contributed by atoms with Gasteiger partial charge in [-0.25, -0.2) is 4.79 Å². The Hall–Kier alpha value is -3.21. The summed E-state index contributed by atoms with van der Waals surface area (Å²) in [7, 11) is 0. The summed E-state index contributed by atoms with van der Waals surface area (Å²) in [5.74, 6) is -1.15. The maximum atomic E-state index is 12.3. The van der Waals surface area contributed by atoms with Crippen LogP contribution in [-0.2, 0) is 9.53 Å². The van der Waals surface area contributed by atoms with Gasteiger partial charge in [-0.2, -0.15) is 0 Å². The monoisotopic (exact) mass is 295 g/mol. The van der Waals surface area contributed by atoms with E-state index in [2.05, 4.69) is 0 Å². The number of benzene rings is 2. The largest absolute Gasteiger partial charge is 0.869 e. The van der Waals surface area contributed by atoms with Crippen LogP contribution in [0.5, 0.6) is 11.5 Å². The molecular weight excluding hydrogens is 284 g/mol. The Kier molecular flexibility index (Phi) is 3.31. The molecule has 0 saturated heterocycles. The predicted octanol–water partition coefficient (Wildman–Crippen LogP) is 1.77. The highest BCUT2D eigenvalue weighted by atomic mass is 16.6. The average Bonchev–Trinajstić information content (AvgIpc) is 2.77. The van der Waals surface area contributed by atoms with Gasteiger partial charge in [-0.15, -0.1) is 0 Å². The minimum atomic E-state index is -0.722. The normalized spacial score (nSPS) is 16.2. The lowest BCUT2D eigenvalue weighted by Crippen LogP contribution is -2.05. The zero-order valence-electron chi connectivity index (χ0n) is 11.3. The molecule has 2 aromatic rings. The van der Waals surface area contributed by atoms with Gasteiger partial charge in [0.1, 0.15) is 17.3 Å². The number of carbonyl (C=O) groups is 1. The number of aromatic hydroxyl groups is 2. The molecule has 5 nitrogen and oxygen atoms in total. The third-order valence-corrected chi connectivity index (χ3v) is 3.20. The molecule has 0 saturated carbocycles. The molecule has 1 aliphatic heterocycles. The number of esters is 1. The second kappa shape index (κ2) is 5.29. The van der Waals surface area contributed by atoms with E-state index in [1.54, 1.807) is 12.1 Å². The third-order valence-electron chi connectivity index (χ3n) is 3.20. The van der Waals surface area contributed by atoms with Gasteiger partial charge < -0.3 is 20.1 Å². The van der Waals surface area contributed by atoms with Crippen molar-refractivity contribution in [2.75, 3.05) is 0 Å². The summed E-state index contributed by atoms with van der Waals surface area (Å²) in [6.45, 7) is 0. The van der Waals surface area contributed by atoms with E-state index in [0.717, 1.165) is 0 Å². The van der Waals surface area contributed by atoms with Gasteiger partial charge >= 0.3 is 5.97 Å². The van der Waals surface area contributed by atoms with Gasteiger partial charge in [0.05, 0.1) is 5.57 Å². The fraction of sp³-hybridized carbons (Fsp3) is 0. The fourth-order valence-electron chi connectivity index (χ4n) is 2.11. The van der Waals surface area contributed by atoms with Crippen LogP contribution in [0.15, 0.2) is 60.0 Å². The summed E-state index contributed by atoms with van der Waals surface area (Å²) in [4.78, 5) is 11.9. The Bertz CT molecular complexity index is 783. The van der Waals surface area contributed by atoms with Crippen molar-refractivity contribution in [1.82, 2.24) is 0 Å². The third kappa shape index (κ3) is 2.52. The molecule has 0 fully saturated rings. The Labute approximate surface area is 126 Å². The van der Waals surface area contributed by atoms with Crippen LogP contribution in [0.1, 0.15) is 11.1 Å². The van der Waals surface area contributed by atoms with Gasteiger partial charge in [0.15, 0.2) is 0 Å². The van der Waals surface area contributed by atoms with Gasteiger partial charge in [0.25, 0.3) is 0 Å². The van der Waals surface area contributed by atoms with Crippen molar-refractivity contribution in [3.05, 3.63) is 71.2 Å². The van der Waals surface area contributed by atoms with E-state index < -0.39 is 11.7 Å². The molecule has 0 atom stereocenters. The summed E-state index contributed by atoms with van der Waals surface area (Å²) in [6, 6.07) is 11.9. The lowest BCUT2D eigenvalue weighted by molar-refractivity contribution is -0.298. The van der Waals surface area contributed by atoms with Crippen molar-refractivity contribution in [2.45, 2.75) is 0 Å². The molecule has 22 heavy (non-hydrogen) atoms. The molecule has 0 unspecified atom stereocenters. The van der Waals surface area contributed by atoms with Crippen LogP contribution in [0, 0.1) is 0 Å². The van der Waals surface area contributed by atoms with Crippen LogP contribution in [0.4, 0.5) is 0 Å². The maximum absolute atomic E-state index is 12.3. The molecule has 2 N–H and O–H groups in total. The Balaban J connectivity index is 2.00. The molecule has 0 amide bonds. The van der Waals surface area contributed by atoms with Crippen molar-refractivity contribution >= 4 is 17.6 Å². The van der Waals surface area contributed by atoms with Gasteiger partial charge in [-0.05, 0) is 47.2 Å².